The molecule has 0 spiro atoms. The molecule has 1 aromatic rings. The lowest BCUT2D eigenvalue weighted by Gasteiger charge is -2.15. The predicted octanol–water partition coefficient (Wildman–Crippen LogP) is 1.43. The lowest BCUT2D eigenvalue weighted by atomic mass is 10.1. The van der Waals surface area contributed by atoms with Gasteiger partial charge in [0.15, 0.2) is 5.16 Å². The highest BCUT2D eigenvalue weighted by atomic mass is 32.2. The van der Waals surface area contributed by atoms with Crippen LogP contribution in [0.15, 0.2) is 11.2 Å². The Morgan fingerprint density at radius 2 is 2.12 bits per heavy atom. The van der Waals surface area contributed by atoms with Crippen LogP contribution in [0.5, 0.6) is 0 Å². The molecular formula is C11H18N4OS. The third-order valence-electron chi connectivity index (χ3n) is 2.29. The van der Waals surface area contributed by atoms with Crippen LogP contribution >= 0.6 is 11.8 Å². The Morgan fingerprint density at radius 1 is 1.47 bits per heavy atom. The number of carbonyl (C=O) groups excluding carboxylic acids is 1. The first-order valence-corrected chi connectivity index (χ1v) is 6.62. The van der Waals surface area contributed by atoms with Crippen molar-refractivity contribution < 1.29 is 4.79 Å². The molecule has 0 aromatic carbocycles. The maximum atomic E-state index is 11.8. The molecule has 0 bridgehead atoms. The molecule has 17 heavy (non-hydrogen) atoms. The third kappa shape index (κ3) is 3.98. The van der Waals surface area contributed by atoms with Crippen molar-refractivity contribution >= 4 is 23.5 Å². The molecular weight excluding hydrogens is 236 g/mol. The number of hydrogen-bond donors (Lipinski definition) is 2. The quantitative estimate of drug-likeness (QED) is 0.627. The lowest BCUT2D eigenvalue weighted by molar-refractivity contribution is -0.118. The maximum absolute atomic E-state index is 11.8. The van der Waals surface area contributed by atoms with Crippen LogP contribution in [0.2, 0.25) is 0 Å². The molecule has 0 saturated heterocycles. The number of nitrogens with one attached hydrogen (secondary N) is 1. The number of aryl methyl sites for hydroxylation is 1. The van der Waals surface area contributed by atoms with Crippen LogP contribution in [0, 0.1) is 12.8 Å². The SMILES string of the molecule is CSc1nc(C)cc(NC(=O)[C@@H](N)C(C)C)n1. The average Bonchev–Trinajstić information content (AvgIpc) is 2.26. The zero-order valence-corrected chi connectivity index (χ0v) is 11.3. The van der Waals surface area contributed by atoms with Gasteiger partial charge < -0.3 is 11.1 Å². The summed E-state index contributed by atoms with van der Waals surface area (Å²) in [6.45, 7) is 5.67. The van der Waals surface area contributed by atoms with Gasteiger partial charge in [0.25, 0.3) is 0 Å². The Balaban J connectivity index is 2.81. The summed E-state index contributed by atoms with van der Waals surface area (Å²) in [5.41, 5.74) is 6.57. The highest BCUT2D eigenvalue weighted by Crippen LogP contribution is 2.14. The van der Waals surface area contributed by atoms with Crippen LogP contribution < -0.4 is 11.1 Å². The van der Waals surface area contributed by atoms with E-state index in [1.165, 1.54) is 11.8 Å². The summed E-state index contributed by atoms with van der Waals surface area (Å²) in [5.74, 6) is 0.381. The van der Waals surface area contributed by atoms with E-state index in [1.807, 2.05) is 27.0 Å². The first-order chi connectivity index (χ1) is 7.93. The normalized spacial score (nSPS) is 12.6. The summed E-state index contributed by atoms with van der Waals surface area (Å²) in [5, 5.41) is 3.35. The summed E-state index contributed by atoms with van der Waals surface area (Å²) < 4.78 is 0. The lowest BCUT2D eigenvalue weighted by Crippen LogP contribution is -2.40. The fourth-order valence-electron chi connectivity index (χ4n) is 1.21. The Labute approximate surface area is 106 Å². The van der Waals surface area contributed by atoms with E-state index in [-0.39, 0.29) is 11.8 Å². The zero-order valence-electron chi connectivity index (χ0n) is 10.5. The van der Waals surface area contributed by atoms with Gasteiger partial charge in [-0.25, -0.2) is 9.97 Å². The van der Waals surface area contributed by atoms with Gasteiger partial charge in [0.1, 0.15) is 5.82 Å². The van der Waals surface area contributed by atoms with Gasteiger partial charge in [0.05, 0.1) is 6.04 Å². The Hall–Kier alpha value is -1.14. The minimum atomic E-state index is -0.525. The molecule has 0 aliphatic rings. The van der Waals surface area contributed by atoms with E-state index in [1.54, 1.807) is 6.07 Å². The number of anilines is 1. The molecule has 1 amide bonds. The monoisotopic (exact) mass is 254 g/mol. The largest absolute Gasteiger partial charge is 0.320 e. The Bertz CT molecular complexity index is 408. The molecule has 0 aliphatic heterocycles. The van der Waals surface area contributed by atoms with Crippen molar-refractivity contribution in [2.45, 2.75) is 32.0 Å². The number of amides is 1. The van der Waals surface area contributed by atoms with Gasteiger partial charge in [-0.1, -0.05) is 25.6 Å². The van der Waals surface area contributed by atoms with Crippen LogP contribution in [-0.2, 0) is 4.79 Å². The molecule has 0 unspecified atom stereocenters. The highest BCUT2D eigenvalue weighted by molar-refractivity contribution is 7.98. The number of hydrogen-bond acceptors (Lipinski definition) is 5. The number of carbonyl (C=O) groups is 1. The second kappa shape index (κ2) is 5.97. The molecule has 6 heteroatoms. The van der Waals surface area contributed by atoms with Crippen molar-refractivity contribution in [3.8, 4) is 0 Å². The average molecular weight is 254 g/mol. The summed E-state index contributed by atoms with van der Waals surface area (Å²) >= 11 is 1.43. The molecule has 1 heterocycles. The van der Waals surface area contributed by atoms with E-state index >= 15 is 0 Å². The fraction of sp³-hybridized carbons (Fsp3) is 0.545. The predicted molar refractivity (Wildman–Crippen MR) is 70.0 cm³/mol. The second-order valence-electron chi connectivity index (χ2n) is 4.14. The fourth-order valence-corrected chi connectivity index (χ4v) is 1.63. The van der Waals surface area contributed by atoms with Crippen LogP contribution in [0.3, 0.4) is 0 Å². The van der Waals surface area contributed by atoms with Crippen molar-refractivity contribution in [1.82, 2.24) is 9.97 Å². The van der Waals surface area contributed by atoms with Gasteiger partial charge in [-0.15, -0.1) is 0 Å². The summed E-state index contributed by atoms with van der Waals surface area (Å²) in [7, 11) is 0. The highest BCUT2D eigenvalue weighted by Gasteiger charge is 2.17. The maximum Gasteiger partial charge on any atom is 0.242 e. The van der Waals surface area contributed by atoms with Crippen LogP contribution in [0.25, 0.3) is 0 Å². The number of aromatic nitrogens is 2. The van der Waals surface area contributed by atoms with Gasteiger partial charge in [0.2, 0.25) is 5.91 Å². The van der Waals surface area contributed by atoms with Gasteiger partial charge in [-0.05, 0) is 19.1 Å². The molecule has 1 aromatic heterocycles. The molecule has 94 valence electrons. The molecule has 0 fully saturated rings. The van der Waals surface area contributed by atoms with Crippen LogP contribution in [0.4, 0.5) is 5.82 Å². The molecule has 0 saturated carbocycles. The minimum absolute atomic E-state index is 0.0953. The number of thioether (sulfide) groups is 1. The van der Waals surface area contributed by atoms with E-state index in [0.29, 0.717) is 11.0 Å². The molecule has 1 rings (SSSR count). The van der Waals surface area contributed by atoms with E-state index in [9.17, 15) is 4.79 Å². The van der Waals surface area contributed by atoms with Crippen molar-refractivity contribution in [1.29, 1.82) is 0 Å². The Kier molecular flexibility index (Phi) is 4.89. The van der Waals surface area contributed by atoms with E-state index < -0.39 is 6.04 Å². The van der Waals surface area contributed by atoms with Crippen LogP contribution in [-0.4, -0.2) is 28.2 Å². The summed E-state index contributed by atoms with van der Waals surface area (Å²) in [6.07, 6.45) is 1.89. The zero-order chi connectivity index (χ0) is 13.0. The number of rotatable bonds is 4. The van der Waals surface area contributed by atoms with Gasteiger partial charge in [-0.2, -0.15) is 0 Å². The Morgan fingerprint density at radius 3 is 2.65 bits per heavy atom. The molecule has 1 atom stereocenters. The van der Waals surface area contributed by atoms with E-state index in [4.69, 9.17) is 5.73 Å². The molecule has 0 radical (unpaired) electrons. The first kappa shape index (κ1) is 13.9. The summed E-state index contributed by atoms with van der Waals surface area (Å²) in [4.78, 5) is 20.2. The van der Waals surface area contributed by atoms with E-state index in [0.717, 1.165) is 5.69 Å². The smallest absolute Gasteiger partial charge is 0.242 e. The third-order valence-corrected chi connectivity index (χ3v) is 2.84. The van der Waals surface area contributed by atoms with Crippen LogP contribution in [0.1, 0.15) is 19.5 Å². The molecule has 0 aliphatic carbocycles. The molecule has 5 nitrogen and oxygen atoms in total. The second-order valence-corrected chi connectivity index (χ2v) is 4.91. The standard InChI is InChI=1S/C11H18N4OS/c1-6(2)9(12)10(16)14-8-5-7(3)13-11(15-8)17-4/h5-6,9H,12H2,1-4H3,(H,13,14,15,16)/t9-/m0/s1. The van der Waals surface area contributed by atoms with Gasteiger partial charge in [-0.3, -0.25) is 4.79 Å². The van der Waals surface area contributed by atoms with Crippen molar-refractivity contribution in [2.75, 3.05) is 11.6 Å². The van der Waals surface area contributed by atoms with E-state index in [2.05, 4.69) is 15.3 Å². The number of nitrogens with zero attached hydrogens (tertiary/aromatic N) is 2. The van der Waals surface area contributed by atoms with Gasteiger partial charge in [0, 0.05) is 11.8 Å². The number of nitrogens with two attached hydrogens (primary N) is 1. The van der Waals surface area contributed by atoms with Crippen molar-refractivity contribution in [2.24, 2.45) is 11.7 Å². The van der Waals surface area contributed by atoms with Crippen molar-refractivity contribution in [3.05, 3.63) is 11.8 Å². The summed E-state index contributed by atoms with van der Waals surface area (Å²) in [6, 6.07) is 1.20. The van der Waals surface area contributed by atoms with Gasteiger partial charge >= 0.3 is 0 Å². The first-order valence-electron chi connectivity index (χ1n) is 5.40. The van der Waals surface area contributed by atoms with Crippen molar-refractivity contribution in [3.63, 3.8) is 0 Å². The minimum Gasteiger partial charge on any atom is -0.320 e. The topological polar surface area (TPSA) is 80.9 Å². The molecule has 3 N–H and O–H groups in total.